The number of likely N-dealkylation sites (tertiary alicyclic amines) is 1. The Kier molecular flexibility index (Phi) is 4.88. The van der Waals surface area contributed by atoms with Crippen LogP contribution in [0.25, 0.3) is 6.08 Å². The molecule has 22 heavy (non-hydrogen) atoms. The molecule has 0 aromatic heterocycles. The number of benzene rings is 1. The van der Waals surface area contributed by atoms with Crippen molar-refractivity contribution >= 4 is 27.7 Å². The van der Waals surface area contributed by atoms with Gasteiger partial charge in [-0.1, -0.05) is 29.8 Å². The van der Waals surface area contributed by atoms with Crippen LogP contribution in [-0.2, 0) is 10.0 Å². The predicted molar refractivity (Wildman–Crippen MR) is 90.1 cm³/mol. The molecule has 3 rings (SSSR count). The van der Waals surface area contributed by atoms with Crippen molar-refractivity contribution in [1.82, 2.24) is 9.62 Å². The quantitative estimate of drug-likeness (QED) is 0.866. The Bertz CT molecular complexity index is 656. The van der Waals surface area contributed by atoms with Crippen LogP contribution in [0.15, 0.2) is 29.7 Å². The summed E-state index contributed by atoms with van der Waals surface area (Å²) in [6, 6.07) is 7.95. The van der Waals surface area contributed by atoms with Gasteiger partial charge in [0.05, 0.1) is 0 Å². The molecule has 1 heterocycles. The molecule has 0 bridgehead atoms. The average molecular weight is 341 g/mol. The SMILES string of the molecule is O=S(=O)(C=Cc1ccccc1Cl)NCC1CCN(C2CC2)C1. The maximum atomic E-state index is 12.0. The molecular formula is C16H21ClN2O2S. The Morgan fingerprint density at radius 2 is 2.05 bits per heavy atom. The zero-order valence-electron chi connectivity index (χ0n) is 12.4. The first kappa shape index (κ1) is 16.0. The largest absolute Gasteiger partial charge is 0.300 e. The van der Waals surface area contributed by atoms with E-state index in [1.54, 1.807) is 12.1 Å². The van der Waals surface area contributed by atoms with Gasteiger partial charge in [0.25, 0.3) is 0 Å². The number of sulfonamides is 1. The molecule has 0 radical (unpaired) electrons. The average Bonchev–Trinajstić information content (AvgIpc) is 3.23. The molecule has 1 aliphatic heterocycles. The van der Waals surface area contributed by atoms with Crippen LogP contribution >= 0.6 is 11.6 Å². The summed E-state index contributed by atoms with van der Waals surface area (Å²) in [6.07, 6.45) is 5.22. The van der Waals surface area contributed by atoms with Crippen LogP contribution < -0.4 is 4.72 Å². The van der Waals surface area contributed by atoms with Crippen molar-refractivity contribution in [3.8, 4) is 0 Å². The highest BCUT2D eigenvalue weighted by atomic mass is 35.5. The Labute approximate surface area is 137 Å². The number of halogens is 1. The molecule has 0 spiro atoms. The van der Waals surface area contributed by atoms with Gasteiger partial charge in [-0.25, -0.2) is 13.1 Å². The van der Waals surface area contributed by atoms with E-state index in [0.717, 1.165) is 25.6 Å². The Morgan fingerprint density at radius 1 is 1.27 bits per heavy atom. The summed E-state index contributed by atoms with van der Waals surface area (Å²) in [7, 11) is -3.41. The van der Waals surface area contributed by atoms with Crippen LogP contribution in [0.1, 0.15) is 24.8 Å². The predicted octanol–water partition coefficient (Wildman–Crippen LogP) is 2.71. The summed E-state index contributed by atoms with van der Waals surface area (Å²) in [5.41, 5.74) is 0.704. The second-order valence-electron chi connectivity index (χ2n) is 6.10. The first-order valence-corrected chi connectivity index (χ1v) is 9.62. The molecule has 2 aliphatic rings. The van der Waals surface area contributed by atoms with Gasteiger partial charge in [-0.15, -0.1) is 0 Å². The second-order valence-corrected chi connectivity index (χ2v) is 8.16. The standard InChI is InChI=1S/C16H21ClN2O2S/c17-16-4-2-1-3-14(16)8-10-22(20,21)18-11-13-7-9-19(12-13)15-5-6-15/h1-4,8,10,13,15,18H,5-7,9,11-12H2. The number of nitrogens with one attached hydrogen (secondary N) is 1. The first-order chi connectivity index (χ1) is 10.5. The van der Waals surface area contributed by atoms with Crippen LogP contribution in [0.4, 0.5) is 0 Å². The summed E-state index contributed by atoms with van der Waals surface area (Å²) in [4.78, 5) is 2.48. The smallest absolute Gasteiger partial charge is 0.233 e. The lowest BCUT2D eigenvalue weighted by atomic mass is 10.1. The van der Waals surface area contributed by atoms with Crippen LogP contribution in [0.5, 0.6) is 0 Å². The zero-order valence-corrected chi connectivity index (χ0v) is 14.0. The minimum Gasteiger partial charge on any atom is -0.300 e. The molecule has 1 saturated heterocycles. The highest BCUT2D eigenvalue weighted by Crippen LogP contribution is 2.31. The lowest BCUT2D eigenvalue weighted by Gasteiger charge is -2.14. The lowest BCUT2D eigenvalue weighted by Crippen LogP contribution is -2.30. The van der Waals surface area contributed by atoms with Gasteiger partial charge in [-0.05, 0) is 49.4 Å². The van der Waals surface area contributed by atoms with E-state index < -0.39 is 10.0 Å². The molecule has 1 unspecified atom stereocenters. The normalized spacial score (nSPS) is 23.4. The third kappa shape index (κ3) is 4.32. The number of hydrogen-bond acceptors (Lipinski definition) is 3. The van der Waals surface area contributed by atoms with Gasteiger partial charge in [0.1, 0.15) is 0 Å². The monoisotopic (exact) mass is 340 g/mol. The Balaban J connectivity index is 1.52. The molecule has 0 amide bonds. The van der Waals surface area contributed by atoms with E-state index >= 15 is 0 Å². The van der Waals surface area contributed by atoms with Crippen molar-refractivity contribution in [3.63, 3.8) is 0 Å². The number of hydrogen-bond donors (Lipinski definition) is 1. The Morgan fingerprint density at radius 3 is 2.77 bits per heavy atom. The van der Waals surface area contributed by atoms with Crippen molar-refractivity contribution in [3.05, 3.63) is 40.3 Å². The van der Waals surface area contributed by atoms with E-state index in [9.17, 15) is 8.42 Å². The van der Waals surface area contributed by atoms with Gasteiger partial charge in [0.15, 0.2) is 0 Å². The van der Waals surface area contributed by atoms with Crippen LogP contribution in [0.2, 0.25) is 5.02 Å². The molecule has 1 aliphatic carbocycles. The maximum Gasteiger partial charge on any atom is 0.233 e. The summed E-state index contributed by atoms with van der Waals surface area (Å²) < 4.78 is 26.8. The van der Waals surface area contributed by atoms with Crippen molar-refractivity contribution in [2.75, 3.05) is 19.6 Å². The topological polar surface area (TPSA) is 49.4 Å². The fraction of sp³-hybridized carbons (Fsp3) is 0.500. The van der Waals surface area contributed by atoms with Gasteiger partial charge in [-0.3, -0.25) is 0 Å². The third-order valence-electron chi connectivity index (χ3n) is 4.29. The van der Waals surface area contributed by atoms with Crippen LogP contribution in [0.3, 0.4) is 0 Å². The van der Waals surface area contributed by atoms with E-state index in [0.29, 0.717) is 23.0 Å². The maximum absolute atomic E-state index is 12.0. The molecular weight excluding hydrogens is 320 g/mol. The van der Waals surface area contributed by atoms with Gasteiger partial charge in [0, 0.05) is 29.6 Å². The second kappa shape index (κ2) is 6.71. The molecule has 1 aromatic rings. The van der Waals surface area contributed by atoms with Gasteiger partial charge in [-0.2, -0.15) is 0 Å². The summed E-state index contributed by atoms with van der Waals surface area (Å²) in [5, 5.41) is 1.74. The summed E-state index contributed by atoms with van der Waals surface area (Å²) >= 11 is 6.01. The minimum atomic E-state index is -3.41. The Hall–Kier alpha value is -0.880. The van der Waals surface area contributed by atoms with Crippen molar-refractivity contribution in [1.29, 1.82) is 0 Å². The molecule has 4 nitrogen and oxygen atoms in total. The molecule has 1 atom stereocenters. The highest BCUT2D eigenvalue weighted by molar-refractivity contribution is 7.92. The number of rotatable bonds is 6. The number of nitrogens with zero attached hydrogens (tertiary/aromatic N) is 1. The lowest BCUT2D eigenvalue weighted by molar-refractivity contribution is 0.314. The van der Waals surface area contributed by atoms with Crippen LogP contribution in [-0.4, -0.2) is 39.0 Å². The van der Waals surface area contributed by atoms with Crippen molar-refractivity contribution < 1.29 is 8.42 Å². The van der Waals surface area contributed by atoms with Crippen molar-refractivity contribution in [2.24, 2.45) is 5.92 Å². The molecule has 1 saturated carbocycles. The fourth-order valence-corrected chi connectivity index (χ4v) is 3.94. The van der Waals surface area contributed by atoms with E-state index in [-0.39, 0.29) is 0 Å². The first-order valence-electron chi connectivity index (χ1n) is 7.70. The molecule has 6 heteroatoms. The van der Waals surface area contributed by atoms with Crippen molar-refractivity contribution in [2.45, 2.75) is 25.3 Å². The van der Waals surface area contributed by atoms with E-state index in [2.05, 4.69) is 9.62 Å². The van der Waals surface area contributed by atoms with E-state index in [1.807, 2.05) is 12.1 Å². The zero-order chi connectivity index (χ0) is 15.6. The summed E-state index contributed by atoms with van der Waals surface area (Å²) in [6.45, 7) is 2.63. The highest BCUT2D eigenvalue weighted by Gasteiger charge is 2.34. The molecule has 1 aromatic carbocycles. The van der Waals surface area contributed by atoms with Gasteiger partial charge < -0.3 is 4.90 Å². The summed E-state index contributed by atoms with van der Waals surface area (Å²) in [5.74, 6) is 0.420. The van der Waals surface area contributed by atoms with Crippen LogP contribution in [0, 0.1) is 5.92 Å². The van der Waals surface area contributed by atoms with E-state index in [4.69, 9.17) is 11.6 Å². The minimum absolute atomic E-state index is 0.420. The molecule has 2 fully saturated rings. The fourth-order valence-electron chi connectivity index (χ4n) is 2.86. The third-order valence-corrected chi connectivity index (χ3v) is 5.69. The molecule has 1 N–H and O–H groups in total. The van der Waals surface area contributed by atoms with Gasteiger partial charge >= 0.3 is 0 Å². The van der Waals surface area contributed by atoms with Gasteiger partial charge in [0.2, 0.25) is 10.0 Å². The molecule has 120 valence electrons. The van der Waals surface area contributed by atoms with E-state index in [1.165, 1.54) is 24.3 Å².